The Bertz CT molecular complexity index is 1020. The molecule has 0 radical (unpaired) electrons. The molecule has 0 spiro atoms. The van der Waals surface area contributed by atoms with E-state index in [1.54, 1.807) is 72.8 Å². The van der Waals surface area contributed by atoms with Crippen LogP contribution in [0.25, 0.3) is 0 Å². The third-order valence-electron chi connectivity index (χ3n) is 4.04. The van der Waals surface area contributed by atoms with E-state index >= 15 is 0 Å². The molecule has 0 saturated heterocycles. The molecule has 0 aliphatic rings. The number of benzene rings is 4. The second-order valence-corrected chi connectivity index (χ2v) is 6.61. The van der Waals surface area contributed by atoms with E-state index in [9.17, 15) is 39.6 Å². The van der Waals surface area contributed by atoms with Gasteiger partial charge in [-0.2, -0.15) is 0 Å². The zero-order valence-corrected chi connectivity index (χ0v) is 22.2. The van der Waals surface area contributed by atoms with Crippen LogP contribution in [0, 0.1) is 0 Å². The van der Waals surface area contributed by atoms with E-state index in [0.717, 1.165) is 0 Å². The van der Waals surface area contributed by atoms with Crippen LogP contribution >= 0.6 is 0 Å². The van der Waals surface area contributed by atoms with Gasteiger partial charge in [-0.25, -0.2) is 0 Å². The summed E-state index contributed by atoms with van der Waals surface area (Å²) in [6.45, 7) is 0. The molecule has 0 aromatic heterocycles. The van der Waals surface area contributed by atoms with Gasteiger partial charge in [-0.3, -0.25) is 0 Å². The Morgan fingerprint density at radius 2 is 0.459 bits per heavy atom. The fraction of sp³-hybridized carbons (Fsp3) is 0. The molecule has 8 nitrogen and oxygen atoms in total. The van der Waals surface area contributed by atoms with Gasteiger partial charge in [0, 0.05) is 21.1 Å². The monoisotopic (exact) mass is 668 g/mol. The average Bonchev–Trinajstić information content (AvgIpc) is 2.92. The molecule has 4 aromatic carbocycles. The summed E-state index contributed by atoms with van der Waals surface area (Å²) in [5.41, 5.74) is 0.880. The summed E-state index contributed by atoms with van der Waals surface area (Å²) < 4.78 is 0. The van der Waals surface area contributed by atoms with E-state index in [1.165, 1.54) is 48.5 Å². The zero-order valence-electron chi connectivity index (χ0n) is 19.2. The largest absolute Gasteiger partial charge is 0.545 e. The Balaban J connectivity index is 0.000000463. The molecule has 0 N–H and O–H groups in total. The first-order valence-corrected chi connectivity index (χ1v) is 10.3. The number of hydrogen-bond donors (Lipinski definition) is 0. The molecule has 0 aliphatic heterocycles. The first kappa shape index (κ1) is 32.4. The Hall–Kier alpha value is -4.55. The van der Waals surface area contributed by atoms with Crippen LogP contribution in [-0.2, 0) is 21.1 Å². The number of carbonyl (C=O) groups excluding carboxylic acids is 4. The fourth-order valence-corrected chi connectivity index (χ4v) is 2.30. The van der Waals surface area contributed by atoms with Gasteiger partial charge >= 0.3 is 0 Å². The summed E-state index contributed by atoms with van der Waals surface area (Å²) >= 11 is 0. The van der Waals surface area contributed by atoms with Crippen LogP contribution in [0.3, 0.4) is 0 Å². The average molecular weight is 668 g/mol. The van der Waals surface area contributed by atoms with Crippen LogP contribution in [-0.4, -0.2) is 23.9 Å². The van der Waals surface area contributed by atoms with Crippen molar-refractivity contribution in [3.05, 3.63) is 144 Å². The summed E-state index contributed by atoms with van der Waals surface area (Å²) in [7, 11) is 0. The van der Waals surface area contributed by atoms with Crippen molar-refractivity contribution in [1.82, 2.24) is 0 Å². The normalized spacial score (nSPS) is 8.65. The molecule has 4 rings (SSSR count). The van der Waals surface area contributed by atoms with Gasteiger partial charge in [-0.1, -0.05) is 121 Å². The minimum atomic E-state index is -1.13. The molecule has 9 heteroatoms. The van der Waals surface area contributed by atoms with Gasteiger partial charge < -0.3 is 39.6 Å². The minimum Gasteiger partial charge on any atom is -0.545 e. The summed E-state index contributed by atoms with van der Waals surface area (Å²) in [6, 6.07) is 32.3. The Kier molecular flexibility index (Phi) is 16.4. The first-order valence-electron chi connectivity index (χ1n) is 10.3. The molecule has 0 heterocycles. The third-order valence-corrected chi connectivity index (χ3v) is 4.04. The van der Waals surface area contributed by atoms with Gasteiger partial charge in [0.25, 0.3) is 0 Å². The zero-order chi connectivity index (χ0) is 26.8. The van der Waals surface area contributed by atoms with Crippen molar-refractivity contribution in [2.75, 3.05) is 0 Å². The summed E-state index contributed by atoms with van der Waals surface area (Å²) in [4.78, 5) is 40.4. The maximum Gasteiger partial charge on any atom is 0.0715 e. The predicted molar refractivity (Wildman–Crippen MR) is 123 cm³/mol. The molecule has 0 bridgehead atoms. The number of carboxylic acid groups (broad SMARTS) is 4. The van der Waals surface area contributed by atoms with Crippen molar-refractivity contribution in [3.8, 4) is 0 Å². The fourth-order valence-electron chi connectivity index (χ4n) is 2.30. The predicted octanol–water partition coefficient (Wildman–Crippen LogP) is 0.198. The van der Waals surface area contributed by atoms with Crippen molar-refractivity contribution >= 4 is 23.9 Å². The van der Waals surface area contributed by atoms with E-state index in [2.05, 4.69) is 0 Å². The van der Waals surface area contributed by atoms with Crippen molar-refractivity contribution in [1.29, 1.82) is 0 Å². The van der Waals surface area contributed by atoms with Crippen LogP contribution in [0.1, 0.15) is 41.4 Å². The van der Waals surface area contributed by atoms with Crippen molar-refractivity contribution < 1.29 is 60.7 Å². The molecular formula is C28H20O8W-4. The molecule has 0 unspecified atom stereocenters. The standard InChI is InChI=1S/4C7H6O2.W/c4*8-7(9)6-4-2-1-3-5-6;/h4*1-5H,(H,8,9);/p-4. The number of rotatable bonds is 4. The van der Waals surface area contributed by atoms with Crippen LogP contribution in [0.4, 0.5) is 0 Å². The molecule has 0 fully saturated rings. The minimum absolute atomic E-state index is 0. The van der Waals surface area contributed by atoms with E-state index < -0.39 is 23.9 Å². The topological polar surface area (TPSA) is 161 Å². The van der Waals surface area contributed by atoms with E-state index in [0.29, 0.717) is 0 Å². The Morgan fingerprint density at radius 3 is 0.541 bits per heavy atom. The van der Waals surface area contributed by atoms with Crippen LogP contribution in [0.2, 0.25) is 0 Å². The number of carboxylic acids is 4. The quantitative estimate of drug-likeness (QED) is 0.298. The molecule has 190 valence electrons. The van der Waals surface area contributed by atoms with E-state index in [1.807, 2.05) is 0 Å². The first-order chi connectivity index (χ1) is 17.2. The number of carbonyl (C=O) groups is 4. The van der Waals surface area contributed by atoms with Crippen LogP contribution < -0.4 is 20.4 Å². The second-order valence-electron chi connectivity index (χ2n) is 6.61. The molecule has 0 amide bonds. The molecule has 0 atom stereocenters. The second kappa shape index (κ2) is 18.7. The third kappa shape index (κ3) is 14.4. The maximum atomic E-state index is 10.1. The summed E-state index contributed by atoms with van der Waals surface area (Å²) in [5.74, 6) is -4.52. The van der Waals surface area contributed by atoms with Crippen molar-refractivity contribution in [3.63, 3.8) is 0 Å². The molecule has 0 aliphatic carbocycles. The SMILES string of the molecule is O=C([O-])c1ccccc1.O=C([O-])c1ccccc1.O=C([O-])c1ccccc1.O=C([O-])c1ccccc1.[W]. The van der Waals surface area contributed by atoms with Gasteiger partial charge in [-0.15, -0.1) is 0 Å². The van der Waals surface area contributed by atoms with Crippen molar-refractivity contribution in [2.24, 2.45) is 0 Å². The molecular weight excluding hydrogens is 648 g/mol. The van der Waals surface area contributed by atoms with Crippen LogP contribution in [0.15, 0.2) is 121 Å². The van der Waals surface area contributed by atoms with Gasteiger partial charge in [0.1, 0.15) is 0 Å². The van der Waals surface area contributed by atoms with Gasteiger partial charge in [-0.05, 0) is 22.3 Å². The Labute approximate surface area is 227 Å². The summed E-state index contributed by atoms with van der Waals surface area (Å²) in [5, 5.41) is 40.4. The van der Waals surface area contributed by atoms with E-state index in [-0.39, 0.29) is 43.3 Å². The Morgan fingerprint density at radius 1 is 0.324 bits per heavy atom. The number of hydrogen-bond acceptors (Lipinski definition) is 8. The van der Waals surface area contributed by atoms with Crippen LogP contribution in [0.5, 0.6) is 0 Å². The van der Waals surface area contributed by atoms with Gasteiger partial charge in [0.2, 0.25) is 0 Å². The number of aromatic carboxylic acids is 4. The maximum absolute atomic E-state index is 10.1. The van der Waals surface area contributed by atoms with Gasteiger partial charge in [0.15, 0.2) is 0 Å². The smallest absolute Gasteiger partial charge is 0.0715 e. The summed E-state index contributed by atoms with van der Waals surface area (Å²) in [6.07, 6.45) is 0. The van der Waals surface area contributed by atoms with Gasteiger partial charge in [0.05, 0.1) is 23.9 Å². The molecule has 0 saturated carbocycles. The van der Waals surface area contributed by atoms with Crippen molar-refractivity contribution in [2.45, 2.75) is 0 Å². The molecule has 37 heavy (non-hydrogen) atoms. The van der Waals surface area contributed by atoms with E-state index in [4.69, 9.17) is 0 Å². The molecule has 4 aromatic rings.